The van der Waals surface area contributed by atoms with Gasteiger partial charge in [-0.15, -0.1) is 0 Å². The second-order valence-corrected chi connectivity index (χ2v) is 4.84. The number of anilines is 1. The summed E-state index contributed by atoms with van der Waals surface area (Å²) in [6, 6.07) is 10.0. The Kier molecular flexibility index (Phi) is 4.76. The minimum absolute atomic E-state index is 0.116. The van der Waals surface area contributed by atoms with E-state index in [1.807, 2.05) is 48.1 Å². The highest BCUT2D eigenvalue weighted by Crippen LogP contribution is 2.18. The highest BCUT2D eigenvalue weighted by molar-refractivity contribution is 5.66. The first-order valence-corrected chi connectivity index (χ1v) is 6.69. The molecule has 0 fully saturated rings. The van der Waals surface area contributed by atoms with Gasteiger partial charge in [0.2, 0.25) is 0 Å². The highest BCUT2D eigenvalue weighted by Gasteiger charge is 2.08. The van der Waals surface area contributed by atoms with E-state index in [1.54, 1.807) is 6.20 Å². The third kappa shape index (κ3) is 4.12. The Labute approximate surface area is 118 Å². The molecule has 0 amide bonds. The summed E-state index contributed by atoms with van der Waals surface area (Å²) in [5.41, 5.74) is 2.17. The van der Waals surface area contributed by atoms with E-state index in [-0.39, 0.29) is 12.5 Å². The van der Waals surface area contributed by atoms with E-state index in [2.05, 4.69) is 10.4 Å². The molecule has 5 nitrogen and oxygen atoms in total. The van der Waals surface area contributed by atoms with Crippen molar-refractivity contribution in [2.45, 2.75) is 32.4 Å². The van der Waals surface area contributed by atoms with Crippen LogP contribution in [0.25, 0.3) is 0 Å². The normalized spacial score (nSPS) is 12.1. The first-order chi connectivity index (χ1) is 9.65. The smallest absolute Gasteiger partial charge is 0.303 e. The predicted molar refractivity (Wildman–Crippen MR) is 77.7 cm³/mol. The summed E-state index contributed by atoms with van der Waals surface area (Å²) in [5.74, 6) is -0.761. The first-order valence-electron chi connectivity index (χ1n) is 6.69. The number of hydrogen-bond acceptors (Lipinski definition) is 3. The van der Waals surface area contributed by atoms with Gasteiger partial charge in [-0.3, -0.25) is 9.48 Å². The van der Waals surface area contributed by atoms with Crippen molar-refractivity contribution >= 4 is 11.7 Å². The number of nitrogens with zero attached hydrogens (tertiary/aromatic N) is 2. The van der Waals surface area contributed by atoms with Crippen LogP contribution in [0.4, 0.5) is 5.69 Å². The Morgan fingerprint density at radius 1 is 1.40 bits per heavy atom. The van der Waals surface area contributed by atoms with Crippen LogP contribution in [0.1, 0.15) is 25.3 Å². The van der Waals surface area contributed by atoms with Crippen LogP contribution in [0.3, 0.4) is 0 Å². The number of aromatic nitrogens is 2. The average molecular weight is 273 g/mol. The maximum absolute atomic E-state index is 10.6. The van der Waals surface area contributed by atoms with Crippen LogP contribution in [0.5, 0.6) is 0 Å². The van der Waals surface area contributed by atoms with Crippen molar-refractivity contribution < 1.29 is 9.90 Å². The van der Waals surface area contributed by atoms with Crippen molar-refractivity contribution in [1.29, 1.82) is 0 Å². The maximum Gasteiger partial charge on any atom is 0.303 e. The lowest BCUT2D eigenvalue weighted by Gasteiger charge is -2.17. The zero-order valence-electron chi connectivity index (χ0n) is 11.5. The molecule has 1 aromatic heterocycles. The number of rotatable bonds is 7. The van der Waals surface area contributed by atoms with Gasteiger partial charge in [0.05, 0.1) is 6.54 Å². The van der Waals surface area contributed by atoms with Gasteiger partial charge in [-0.1, -0.05) is 18.2 Å². The van der Waals surface area contributed by atoms with Gasteiger partial charge in [0.25, 0.3) is 0 Å². The molecular weight excluding hydrogens is 254 g/mol. The largest absolute Gasteiger partial charge is 0.481 e. The van der Waals surface area contributed by atoms with Crippen LogP contribution < -0.4 is 5.32 Å². The zero-order valence-corrected chi connectivity index (χ0v) is 11.5. The van der Waals surface area contributed by atoms with Crippen molar-refractivity contribution in [1.82, 2.24) is 9.78 Å². The number of carboxylic acid groups (broad SMARTS) is 1. The molecule has 1 unspecified atom stereocenters. The SMILES string of the molecule is CC(CCC(=O)O)Nc1ccccc1Cn1cccn1. The summed E-state index contributed by atoms with van der Waals surface area (Å²) in [6.45, 7) is 2.69. The van der Waals surface area contributed by atoms with E-state index >= 15 is 0 Å². The first kappa shape index (κ1) is 14.1. The van der Waals surface area contributed by atoms with Crippen molar-refractivity contribution in [3.05, 3.63) is 48.3 Å². The maximum atomic E-state index is 10.6. The molecule has 1 aromatic carbocycles. The number of hydrogen-bond donors (Lipinski definition) is 2. The summed E-state index contributed by atoms with van der Waals surface area (Å²) in [5, 5.41) is 16.3. The second-order valence-electron chi connectivity index (χ2n) is 4.84. The Bertz CT molecular complexity index is 552. The molecule has 0 aliphatic carbocycles. The quantitative estimate of drug-likeness (QED) is 0.813. The minimum Gasteiger partial charge on any atom is -0.481 e. The van der Waals surface area contributed by atoms with Crippen LogP contribution >= 0.6 is 0 Å². The molecule has 106 valence electrons. The highest BCUT2D eigenvalue weighted by atomic mass is 16.4. The molecular formula is C15H19N3O2. The van der Waals surface area contributed by atoms with Gasteiger partial charge in [0.15, 0.2) is 0 Å². The van der Waals surface area contributed by atoms with Gasteiger partial charge in [-0.2, -0.15) is 5.10 Å². The molecule has 0 spiro atoms. The number of para-hydroxylation sites is 1. The van der Waals surface area contributed by atoms with E-state index in [0.29, 0.717) is 13.0 Å². The van der Waals surface area contributed by atoms with Gasteiger partial charge in [0.1, 0.15) is 0 Å². The predicted octanol–water partition coefficient (Wildman–Crippen LogP) is 2.60. The molecule has 0 bridgehead atoms. The Hall–Kier alpha value is -2.30. The minimum atomic E-state index is -0.761. The fourth-order valence-electron chi connectivity index (χ4n) is 2.05. The molecule has 0 radical (unpaired) electrons. The monoisotopic (exact) mass is 273 g/mol. The molecule has 2 N–H and O–H groups in total. The molecule has 0 aliphatic heterocycles. The topological polar surface area (TPSA) is 67.2 Å². The average Bonchev–Trinajstić information content (AvgIpc) is 2.92. The summed E-state index contributed by atoms with van der Waals surface area (Å²) in [6.07, 6.45) is 4.46. The number of nitrogens with one attached hydrogen (secondary N) is 1. The molecule has 20 heavy (non-hydrogen) atoms. The van der Waals surface area contributed by atoms with Crippen LogP contribution in [0.2, 0.25) is 0 Å². The number of carboxylic acids is 1. The number of carbonyl (C=O) groups is 1. The van der Waals surface area contributed by atoms with Crippen molar-refractivity contribution in [2.24, 2.45) is 0 Å². The van der Waals surface area contributed by atoms with Crippen LogP contribution in [-0.2, 0) is 11.3 Å². The third-order valence-corrected chi connectivity index (χ3v) is 3.10. The standard InChI is InChI=1S/C15H19N3O2/c1-12(7-8-15(19)20)17-14-6-3-2-5-13(14)11-18-10-4-9-16-18/h2-6,9-10,12,17H,7-8,11H2,1H3,(H,19,20). The molecule has 0 saturated carbocycles. The number of benzene rings is 1. The Balaban J connectivity index is 2.02. The van der Waals surface area contributed by atoms with E-state index < -0.39 is 5.97 Å². The van der Waals surface area contributed by atoms with Crippen LogP contribution in [0, 0.1) is 0 Å². The molecule has 5 heteroatoms. The summed E-state index contributed by atoms with van der Waals surface area (Å²) < 4.78 is 1.86. The summed E-state index contributed by atoms with van der Waals surface area (Å²) in [7, 11) is 0. The second kappa shape index (κ2) is 6.75. The third-order valence-electron chi connectivity index (χ3n) is 3.10. The van der Waals surface area contributed by atoms with Crippen molar-refractivity contribution in [2.75, 3.05) is 5.32 Å². The Morgan fingerprint density at radius 2 is 2.20 bits per heavy atom. The Morgan fingerprint density at radius 3 is 2.90 bits per heavy atom. The summed E-state index contributed by atoms with van der Waals surface area (Å²) in [4.78, 5) is 10.6. The molecule has 0 aliphatic rings. The van der Waals surface area contributed by atoms with Gasteiger partial charge in [-0.05, 0) is 31.0 Å². The van der Waals surface area contributed by atoms with Crippen LogP contribution in [0.15, 0.2) is 42.7 Å². The van der Waals surface area contributed by atoms with E-state index in [0.717, 1.165) is 11.3 Å². The van der Waals surface area contributed by atoms with Gasteiger partial charge < -0.3 is 10.4 Å². The fourth-order valence-corrected chi connectivity index (χ4v) is 2.05. The number of aliphatic carboxylic acids is 1. The van der Waals surface area contributed by atoms with E-state index in [1.165, 1.54) is 0 Å². The van der Waals surface area contributed by atoms with Crippen LogP contribution in [-0.4, -0.2) is 26.9 Å². The molecule has 0 saturated heterocycles. The fraction of sp³-hybridized carbons (Fsp3) is 0.333. The lowest BCUT2D eigenvalue weighted by atomic mass is 10.1. The van der Waals surface area contributed by atoms with Crippen molar-refractivity contribution in [3.63, 3.8) is 0 Å². The van der Waals surface area contributed by atoms with E-state index in [9.17, 15) is 4.79 Å². The lowest BCUT2D eigenvalue weighted by molar-refractivity contribution is -0.137. The molecule has 1 heterocycles. The molecule has 2 aromatic rings. The molecule has 2 rings (SSSR count). The van der Waals surface area contributed by atoms with Gasteiger partial charge >= 0.3 is 5.97 Å². The van der Waals surface area contributed by atoms with Crippen molar-refractivity contribution in [3.8, 4) is 0 Å². The lowest BCUT2D eigenvalue weighted by Crippen LogP contribution is -2.18. The van der Waals surface area contributed by atoms with Gasteiger partial charge in [-0.25, -0.2) is 0 Å². The molecule has 1 atom stereocenters. The van der Waals surface area contributed by atoms with Gasteiger partial charge in [0, 0.05) is 30.5 Å². The zero-order chi connectivity index (χ0) is 14.4. The van der Waals surface area contributed by atoms with E-state index in [4.69, 9.17) is 5.11 Å². The summed E-state index contributed by atoms with van der Waals surface area (Å²) >= 11 is 0.